The van der Waals surface area contributed by atoms with E-state index in [0.717, 1.165) is 23.5 Å². The molecule has 0 aliphatic carbocycles. The summed E-state index contributed by atoms with van der Waals surface area (Å²) in [5.74, 6) is -2.48. The van der Waals surface area contributed by atoms with Gasteiger partial charge in [-0.3, -0.25) is 19.3 Å². The molecule has 1 aliphatic heterocycles. The minimum absolute atomic E-state index is 0.128. The first-order valence-corrected chi connectivity index (χ1v) is 19.1. The molecule has 0 saturated heterocycles. The van der Waals surface area contributed by atoms with Crippen LogP contribution in [0.25, 0.3) is 6.08 Å². The Bertz CT molecular complexity index is 2170. The van der Waals surface area contributed by atoms with Gasteiger partial charge in [-0.15, -0.1) is 23.1 Å². The van der Waals surface area contributed by atoms with Gasteiger partial charge < -0.3 is 20.7 Å². The zero-order chi connectivity index (χ0) is 38.0. The number of nitrogens with one attached hydrogen (secondary N) is 3. The summed E-state index contributed by atoms with van der Waals surface area (Å²) in [4.78, 5) is 57.4. The number of amides is 3. The lowest BCUT2D eigenvalue weighted by molar-refractivity contribution is -0.116. The van der Waals surface area contributed by atoms with Crippen molar-refractivity contribution in [1.82, 2.24) is 10.2 Å². The van der Waals surface area contributed by atoms with Gasteiger partial charge in [0, 0.05) is 46.2 Å². The number of ether oxygens (including phenoxy) is 1. The lowest BCUT2D eigenvalue weighted by atomic mass is 10.0. The summed E-state index contributed by atoms with van der Waals surface area (Å²) in [5.41, 5.74) is 3.25. The molecule has 0 fully saturated rings. The molecular formula is C42H39FN4O5S2. The summed E-state index contributed by atoms with van der Waals surface area (Å²) in [6.45, 7) is 4.12. The first kappa shape index (κ1) is 38.2. The van der Waals surface area contributed by atoms with Crippen molar-refractivity contribution in [2.75, 3.05) is 24.3 Å². The van der Waals surface area contributed by atoms with Crippen molar-refractivity contribution in [2.24, 2.45) is 0 Å². The van der Waals surface area contributed by atoms with Gasteiger partial charge in [0.15, 0.2) is 0 Å². The third-order valence-corrected chi connectivity index (χ3v) is 11.3. The standard InChI is InChI=1S/C42H39FN4O5S2/c1-3-35(40(50)46-41-37(42(51)52-2)32-21-22-47(26-36(32)54-41)25-27-13-6-4-7-14-27)53-31-19-12-18-30(24-31)44-39(49)34(23-29-17-10-11-20-33(29)43)45-38(48)28-15-8-5-9-16-28/h4-20,23-24,35H,3,21-22,25-26H2,1-2H3,(H,44,49)(H,45,48)(H,46,50)/b34-23-. The van der Waals surface area contributed by atoms with Crippen molar-refractivity contribution in [3.8, 4) is 0 Å². The number of carbonyl (C=O) groups is 4. The van der Waals surface area contributed by atoms with Gasteiger partial charge in [0.25, 0.3) is 11.8 Å². The van der Waals surface area contributed by atoms with Crippen LogP contribution in [0, 0.1) is 5.82 Å². The minimum atomic E-state index is -0.659. The van der Waals surface area contributed by atoms with E-state index in [4.69, 9.17) is 4.74 Å². The Morgan fingerprint density at radius 3 is 2.37 bits per heavy atom. The topological polar surface area (TPSA) is 117 Å². The number of carbonyl (C=O) groups excluding carboxylic acids is 4. The van der Waals surface area contributed by atoms with Crippen LogP contribution in [0.2, 0.25) is 0 Å². The third kappa shape index (κ3) is 9.51. The second-order valence-electron chi connectivity index (χ2n) is 12.5. The van der Waals surface area contributed by atoms with Crippen LogP contribution in [-0.2, 0) is 33.8 Å². The normalized spacial score (nSPS) is 13.4. The summed E-state index contributed by atoms with van der Waals surface area (Å²) in [6.07, 6.45) is 2.43. The van der Waals surface area contributed by atoms with E-state index in [-0.39, 0.29) is 17.2 Å². The molecule has 4 aromatic carbocycles. The summed E-state index contributed by atoms with van der Waals surface area (Å²) in [7, 11) is 1.34. The van der Waals surface area contributed by atoms with Gasteiger partial charge in [0.05, 0.1) is 17.9 Å². The molecule has 2 heterocycles. The number of benzene rings is 4. The maximum absolute atomic E-state index is 14.6. The Morgan fingerprint density at radius 2 is 1.65 bits per heavy atom. The largest absolute Gasteiger partial charge is 0.465 e. The van der Waals surface area contributed by atoms with E-state index in [1.165, 1.54) is 60.0 Å². The van der Waals surface area contributed by atoms with Crippen molar-refractivity contribution in [1.29, 1.82) is 0 Å². The van der Waals surface area contributed by atoms with Gasteiger partial charge >= 0.3 is 5.97 Å². The summed E-state index contributed by atoms with van der Waals surface area (Å²) < 4.78 is 19.7. The van der Waals surface area contributed by atoms with Gasteiger partial charge in [-0.1, -0.05) is 79.7 Å². The van der Waals surface area contributed by atoms with E-state index in [0.29, 0.717) is 46.1 Å². The number of rotatable bonds is 13. The maximum Gasteiger partial charge on any atom is 0.341 e. The fraction of sp³-hybridized carbons (Fsp3) is 0.190. The highest BCUT2D eigenvalue weighted by Gasteiger charge is 2.30. The summed E-state index contributed by atoms with van der Waals surface area (Å²) in [6, 6.07) is 31.5. The molecule has 54 heavy (non-hydrogen) atoms. The van der Waals surface area contributed by atoms with Gasteiger partial charge in [-0.25, -0.2) is 9.18 Å². The minimum Gasteiger partial charge on any atom is -0.465 e. The molecule has 0 spiro atoms. The van der Waals surface area contributed by atoms with Gasteiger partial charge in [0.2, 0.25) is 5.91 Å². The summed E-state index contributed by atoms with van der Waals surface area (Å²) in [5, 5.41) is 8.40. The van der Waals surface area contributed by atoms with Crippen molar-refractivity contribution in [3.05, 3.63) is 153 Å². The second-order valence-corrected chi connectivity index (χ2v) is 14.9. The van der Waals surface area contributed by atoms with Crippen LogP contribution in [0.3, 0.4) is 0 Å². The van der Waals surface area contributed by atoms with Crippen molar-refractivity contribution in [3.63, 3.8) is 0 Å². The van der Waals surface area contributed by atoms with Gasteiger partial charge in [-0.05, 0) is 66.4 Å². The lowest BCUT2D eigenvalue weighted by Crippen LogP contribution is -2.30. The van der Waals surface area contributed by atoms with E-state index in [9.17, 15) is 23.6 Å². The number of halogens is 1. The van der Waals surface area contributed by atoms with Crippen molar-refractivity contribution in [2.45, 2.75) is 43.0 Å². The fourth-order valence-corrected chi connectivity index (χ4v) is 8.35. The number of methoxy groups -OCH3 is 1. The van der Waals surface area contributed by atoms with Crippen LogP contribution < -0.4 is 16.0 Å². The number of thioether (sulfide) groups is 1. The third-order valence-electron chi connectivity index (χ3n) is 8.78. The molecule has 0 saturated carbocycles. The van der Waals surface area contributed by atoms with Crippen LogP contribution in [0.4, 0.5) is 15.1 Å². The Hall–Kier alpha value is -5.56. The van der Waals surface area contributed by atoms with Gasteiger partial charge in [0.1, 0.15) is 16.5 Å². The van der Waals surface area contributed by atoms with Crippen LogP contribution >= 0.6 is 23.1 Å². The number of anilines is 2. The average molecular weight is 763 g/mol. The van der Waals surface area contributed by atoms with E-state index >= 15 is 0 Å². The SMILES string of the molecule is CCC(Sc1cccc(NC(=O)/C(=C/c2ccccc2F)NC(=O)c2ccccc2)c1)C(=O)Nc1sc2c(c1C(=O)OC)CCN(Cc1ccccc1)C2. The molecule has 5 aromatic rings. The Balaban J connectivity index is 1.16. The highest BCUT2D eigenvalue weighted by molar-refractivity contribution is 8.00. The zero-order valence-corrected chi connectivity index (χ0v) is 31.4. The molecule has 6 rings (SSSR count). The Morgan fingerprint density at radius 1 is 0.926 bits per heavy atom. The molecule has 12 heteroatoms. The molecule has 1 atom stereocenters. The van der Waals surface area contributed by atoms with Crippen LogP contribution in [0.1, 0.15) is 55.6 Å². The molecule has 9 nitrogen and oxygen atoms in total. The highest BCUT2D eigenvalue weighted by atomic mass is 32.2. The maximum atomic E-state index is 14.6. The van der Waals surface area contributed by atoms with E-state index in [1.54, 1.807) is 54.6 Å². The van der Waals surface area contributed by atoms with E-state index in [2.05, 4.69) is 33.0 Å². The second kappa shape index (κ2) is 18.0. The predicted molar refractivity (Wildman–Crippen MR) is 212 cm³/mol. The van der Waals surface area contributed by atoms with E-state index in [1.807, 2.05) is 31.2 Å². The number of nitrogens with zero attached hydrogens (tertiary/aromatic N) is 1. The molecule has 0 bridgehead atoms. The predicted octanol–water partition coefficient (Wildman–Crippen LogP) is 8.15. The highest BCUT2D eigenvalue weighted by Crippen LogP contribution is 2.39. The molecular weight excluding hydrogens is 724 g/mol. The van der Waals surface area contributed by atoms with Crippen LogP contribution in [0.5, 0.6) is 0 Å². The fourth-order valence-electron chi connectivity index (χ4n) is 6.05. The van der Waals surface area contributed by atoms with Crippen molar-refractivity contribution < 1.29 is 28.3 Å². The molecule has 1 unspecified atom stereocenters. The van der Waals surface area contributed by atoms with Gasteiger partial charge in [-0.2, -0.15) is 0 Å². The van der Waals surface area contributed by atoms with Crippen LogP contribution in [0.15, 0.2) is 120 Å². The molecule has 3 N–H and O–H groups in total. The lowest BCUT2D eigenvalue weighted by Gasteiger charge is -2.27. The number of thiophene rings is 1. The smallest absolute Gasteiger partial charge is 0.341 e. The number of fused-ring (bicyclic) bond motifs is 1. The Labute approximate surface area is 321 Å². The Kier molecular flexibility index (Phi) is 12.7. The first-order valence-electron chi connectivity index (χ1n) is 17.4. The number of esters is 1. The van der Waals surface area contributed by atoms with Crippen LogP contribution in [-0.4, -0.2) is 47.5 Å². The van der Waals surface area contributed by atoms with Crippen molar-refractivity contribution >= 4 is 63.6 Å². The molecule has 0 radical (unpaired) electrons. The molecule has 1 aliphatic rings. The summed E-state index contributed by atoms with van der Waals surface area (Å²) >= 11 is 2.73. The monoisotopic (exact) mass is 762 g/mol. The number of hydrogen-bond donors (Lipinski definition) is 3. The number of hydrogen-bond acceptors (Lipinski definition) is 8. The molecule has 276 valence electrons. The quantitative estimate of drug-likeness (QED) is 0.0630. The molecule has 1 aromatic heterocycles. The zero-order valence-electron chi connectivity index (χ0n) is 29.8. The first-order chi connectivity index (χ1) is 26.2. The van der Waals surface area contributed by atoms with E-state index < -0.39 is 28.9 Å². The molecule has 3 amide bonds. The average Bonchev–Trinajstić information content (AvgIpc) is 3.54.